The molecule has 1 aliphatic rings. The van der Waals surface area contributed by atoms with Gasteiger partial charge >= 0.3 is 0 Å². The molecule has 0 saturated carbocycles. The predicted molar refractivity (Wildman–Crippen MR) is 126 cm³/mol. The largest absolute Gasteiger partial charge is 0.350 e. The summed E-state index contributed by atoms with van der Waals surface area (Å²) in [6.45, 7) is 3.09. The van der Waals surface area contributed by atoms with E-state index in [1.165, 1.54) is 12.1 Å². The lowest BCUT2D eigenvalue weighted by Gasteiger charge is -2.08. The Morgan fingerprint density at radius 3 is 2.75 bits per heavy atom. The van der Waals surface area contributed by atoms with Crippen LogP contribution >= 0.6 is 0 Å². The zero-order valence-corrected chi connectivity index (χ0v) is 17.5. The summed E-state index contributed by atoms with van der Waals surface area (Å²) in [6.07, 6.45) is 12.9. The van der Waals surface area contributed by atoms with Gasteiger partial charge in [0.25, 0.3) is 0 Å². The molecule has 2 N–H and O–H groups in total. The van der Waals surface area contributed by atoms with E-state index in [-0.39, 0.29) is 5.82 Å². The third kappa shape index (κ3) is 5.91. The maximum absolute atomic E-state index is 13.5. The minimum absolute atomic E-state index is 0.299. The molecular weight excluding hydrogens is 405 g/mol. The minimum atomic E-state index is -0.299. The lowest BCUT2D eigenvalue weighted by molar-refractivity contribution is 0.627. The van der Waals surface area contributed by atoms with Crippen LogP contribution in [0.4, 0.5) is 16.3 Å². The van der Waals surface area contributed by atoms with E-state index in [1.54, 1.807) is 30.6 Å². The summed E-state index contributed by atoms with van der Waals surface area (Å²) in [5.41, 5.74) is 2.81. The number of nitrogens with zero attached hydrogens (tertiary/aromatic N) is 5. The summed E-state index contributed by atoms with van der Waals surface area (Å²) in [4.78, 5) is 22.0. The number of allylic oxidation sites excluding steroid dienone is 1. The summed E-state index contributed by atoms with van der Waals surface area (Å²) in [6, 6.07) is 10.1. The molecule has 2 aromatic heterocycles. The predicted octanol–water partition coefficient (Wildman–Crippen LogP) is 4.51. The average molecular weight is 427 g/mol. The van der Waals surface area contributed by atoms with E-state index in [2.05, 4.69) is 35.6 Å². The molecule has 0 saturated heterocycles. The van der Waals surface area contributed by atoms with Gasteiger partial charge in [-0.05, 0) is 54.0 Å². The summed E-state index contributed by atoms with van der Waals surface area (Å²) in [5.74, 6) is 1.58. The first-order chi connectivity index (χ1) is 15.7. The van der Waals surface area contributed by atoms with Crippen molar-refractivity contribution in [3.63, 3.8) is 0 Å². The SMILES string of the molecule is C/C=C/C1=CC(Nc2nc(/C=C/c3cccc(F)c3)nc(NCc3cccnc3)n2)=NC1. The molecule has 32 heavy (non-hydrogen) atoms. The van der Waals surface area contributed by atoms with Crippen molar-refractivity contribution in [1.29, 1.82) is 0 Å². The van der Waals surface area contributed by atoms with Crippen LogP contribution in [0.15, 0.2) is 77.6 Å². The first-order valence-electron chi connectivity index (χ1n) is 10.2. The molecule has 1 aromatic carbocycles. The number of halogens is 1. The second kappa shape index (κ2) is 10.2. The molecular formula is C24H22FN7. The Hall–Kier alpha value is -4.20. The van der Waals surface area contributed by atoms with E-state index in [0.717, 1.165) is 11.1 Å². The van der Waals surface area contributed by atoms with E-state index in [1.807, 2.05) is 43.4 Å². The Kier molecular flexibility index (Phi) is 6.72. The fourth-order valence-electron chi connectivity index (χ4n) is 3.02. The van der Waals surface area contributed by atoms with Crippen molar-refractivity contribution in [3.05, 3.63) is 95.4 Å². The van der Waals surface area contributed by atoms with Crippen LogP contribution in [0.5, 0.6) is 0 Å². The zero-order chi connectivity index (χ0) is 22.2. The molecule has 3 heterocycles. The van der Waals surface area contributed by atoms with Crippen molar-refractivity contribution >= 4 is 29.9 Å². The highest BCUT2D eigenvalue weighted by molar-refractivity contribution is 6.05. The standard InChI is InChI=1S/C24H22FN7/c1-2-5-18-13-22(27-15-18)31-24-30-21(10-9-17-6-3-8-20(25)12-17)29-23(32-24)28-16-19-7-4-11-26-14-19/h2-14H,15-16H2,1H3,(H2,27,28,29,30,31,32)/b5-2+,10-9+. The van der Waals surface area contributed by atoms with Gasteiger partial charge in [-0.15, -0.1) is 0 Å². The van der Waals surface area contributed by atoms with Crippen molar-refractivity contribution in [2.75, 3.05) is 17.2 Å². The first-order valence-corrected chi connectivity index (χ1v) is 10.2. The van der Waals surface area contributed by atoms with Crippen LogP contribution in [-0.4, -0.2) is 32.3 Å². The highest BCUT2D eigenvalue weighted by Gasteiger charge is 2.10. The molecule has 0 unspecified atom stereocenters. The smallest absolute Gasteiger partial charge is 0.233 e. The van der Waals surface area contributed by atoms with Crippen molar-refractivity contribution in [3.8, 4) is 0 Å². The number of aromatic nitrogens is 4. The van der Waals surface area contributed by atoms with E-state index in [4.69, 9.17) is 0 Å². The molecule has 4 rings (SSSR count). The zero-order valence-electron chi connectivity index (χ0n) is 17.5. The number of benzene rings is 1. The third-order valence-corrected chi connectivity index (χ3v) is 4.47. The lowest BCUT2D eigenvalue weighted by Crippen LogP contribution is -2.14. The number of nitrogens with one attached hydrogen (secondary N) is 2. The average Bonchev–Trinajstić information content (AvgIpc) is 3.24. The van der Waals surface area contributed by atoms with Gasteiger partial charge in [-0.3, -0.25) is 9.98 Å². The van der Waals surface area contributed by atoms with Gasteiger partial charge in [0.1, 0.15) is 11.7 Å². The maximum Gasteiger partial charge on any atom is 0.233 e. The molecule has 0 spiro atoms. The van der Waals surface area contributed by atoms with Gasteiger partial charge in [0.2, 0.25) is 11.9 Å². The van der Waals surface area contributed by atoms with Crippen LogP contribution in [0.1, 0.15) is 23.9 Å². The Labute approximate surface area is 185 Å². The molecule has 7 nitrogen and oxygen atoms in total. The topological polar surface area (TPSA) is 88.0 Å². The fraction of sp³-hybridized carbons (Fsp3) is 0.125. The van der Waals surface area contributed by atoms with Crippen molar-refractivity contribution < 1.29 is 4.39 Å². The highest BCUT2D eigenvalue weighted by Crippen LogP contribution is 2.14. The highest BCUT2D eigenvalue weighted by atomic mass is 19.1. The van der Waals surface area contributed by atoms with Crippen LogP contribution < -0.4 is 10.6 Å². The van der Waals surface area contributed by atoms with Gasteiger partial charge in [-0.1, -0.05) is 36.4 Å². The quantitative estimate of drug-likeness (QED) is 0.577. The first kappa shape index (κ1) is 21.0. The normalized spacial score (nSPS) is 13.4. The molecule has 1 aliphatic heterocycles. The Bertz CT molecular complexity index is 1200. The molecule has 0 atom stereocenters. The second-order valence-corrected chi connectivity index (χ2v) is 6.99. The van der Waals surface area contributed by atoms with Crippen molar-refractivity contribution in [2.45, 2.75) is 13.5 Å². The molecule has 0 aliphatic carbocycles. The van der Waals surface area contributed by atoms with Crippen molar-refractivity contribution in [1.82, 2.24) is 19.9 Å². The summed E-state index contributed by atoms with van der Waals surface area (Å²) < 4.78 is 13.5. The van der Waals surface area contributed by atoms with Gasteiger partial charge in [-0.2, -0.15) is 15.0 Å². The molecule has 160 valence electrons. The van der Waals surface area contributed by atoms with Gasteiger partial charge in [0.05, 0.1) is 6.54 Å². The maximum atomic E-state index is 13.5. The molecule has 0 amide bonds. The molecule has 3 aromatic rings. The van der Waals surface area contributed by atoms with E-state index >= 15 is 0 Å². The Morgan fingerprint density at radius 1 is 1.03 bits per heavy atom. The van der Waals surface area contributed by atoms with Crippen LogP contribution in [0, 0.1) is 5.82 Å². The van der Waals surface area contributed by atoms with Crippen LogP contribution in [0.25, 0.3) is 12.2 Å². The van der Waals surface area contributed by atoms with Crippen LogP contribution in [0.3, 0.4) is 0 Å². The lowest BCUT2D eigenvalue weighted by atomic mass is 10.2. The number of aliphatic imine (C=N–C) groups is 1. The molecule has 0 bridgehead atoms. The van der Waals surface area contributed by atoms with Crippen molar-refractivity contribution in [2.24, 2.45) is 4.99 Å². The van der Waals surface area contributed by atoms with Crippen LogP contribution in [0.2, 0.25) is 0 Å². The van der Waals surface area contributed by atoms with Gasteiger partial charge in [-0.25, -0.2) is 4.39 Å². The summed E-state index contributed by atoms with van der Waals surface area (Å²) in [5, 5.41) is 6.35. The van der Waals surface area contributed by atoms with Crippen LogP contribution in [-0.2, 0) is 6.54 Å². The molecule has 0 fully saturated rings. The monoisotopic (exact) mass is 427 g/mol. The number of amidine groups is 1. The molecule has 0 radical (unpaired) electrons. The number of anilines is 2. The number of rotatable bonds is 7. The Balaban J connectivity index is 1.57. The minimum Gasteiger partial charge on any atom is -0.350 e. The van der Waals surface area contributed by atoms with E-state index < -0.39 is 0 Å². The Morgan fingerprint density at radius 2 is 1.94 bits per heavy atom. The number of hydrogen-bond donors (Lipinski definition) is 2. The second-order valence-electron chi connectivity index (χ2n) is 6.99. The summed E-state index contributed by atoms with van der Waals surface area (Å²) in [7, 11) is 0. The summed E-state index contributed by atoms with van der Waals surface area (Å²) >= 11 is 0. The fourth-order valence-corrected chi connectivity index (χ4v) is 3.02. The van der Waals surface area contributed by atoms with E-state index in [0.29, 0.717) is 42.2 Å². The van der Waals surface area contributed by atoms with E-state index in [9.17, 15) is 4.39 Å². The third-order valence-electron chi connectivity index (χ3n) is 4.47. The number of hydrogen-bond acceptors (Lipinski definition) is 7. The van der Waals surface area contributed by atoms with Gasteiger partial charge in [0.15, 0.2) is 5.82 Å². The van der Waals surface area contributed by atoms with Gasteiger partial charge < -0.3 is 10.6 Å². The number of pyridine rings is 1. The van der Waals surface area contributed by atoms with Gasteiger partial charge in [0, 0.05) is 18.9 Å². The molecule has 8 heteroatoms.